The van der Waals surface area contributed by atoms with Gasteiger partial charge in [-0.2, -0.15) is 13.2 Å². The molecule has 2 heterocycles. The molecule has 1 unspecified atom stereocenters. The van der Waals surface area contributed by atoms with E-state index in [0.717, 1.165) is 53.3 Å². The van der Waals surface area contributed by atoms with Crippen LogP contribution in [0.25, 0.3) is 5.76 Å². The smallest absolute Gasteiger partial charge is 0.416 e. The Labute approximate surface area is 217 Å². The summed E-state index contributed by atoms with van der Waals surface area (Å²) in [6.07, 6.45) is -3.00. The Morgan fingerprint density at radius 2 is 1.68 bits per heavy atom. The van der Waals surface area contributed by atoms with Crippen LogP contribution in [0.15, 0.2) is 72.3 Å². The average molecular weight is 523 g/mol. The number of anilines is 2. The molecule has 0 radical (unpaired) electrons. The van der Waals surface area contributed by atoms with E-state index in [0.29, 0.717) is 23.5 Å². The summed E-state index contributed by atoms with van der Waals surface area (Å²) in [7, 11) is 3.73. The molecule has 0 spiro atoms. The number of ether oxygens (including phenoxy) is 1. The highest BCUT2D eigenvalue weighted by Crippen LogP contribution is 2.43. The number of carbonyl (C=O) groups excluding carboxylic acids is 2. The van der Waals surface area contributed by atoms with E-state index in [9.17, 15) is 27.9 Å². The molecule has 0 aliphatic carbocycles. The van der Waals surface area contributed by atoms with Gasteiger partial charge in [-0.3, -0.25) is 14.5 Å². The number of hydrogen-bond acceptors (Lipinski definition) is 5. The number of Topliss-reactive ketones (excluding diaryl/α,β-unsaturated/α-hetero) is 1. The molecule has 1 amide bonds. The molecule has 6 nitrogen and oxygen atoms in total. The fraction of sp³-hybridized carbons (Fsp3) is 0.241. The quantitative estimate of drug-likeness (QED) is 0.270. The Morgan fingerprint density at radius 1 is 1.00 bits per heavy atom. The molecule has 1 fully saturated rings. The minimum atomic E-state index is -4.55. The minimum Gasteiger partial charge on any atom is -0.507 e. The molecule has 1 N–H and O–H groups in total. The second kappa shape index (κ2) is 9.55. The van der Waals surface area contributed by atoms with Gasteiger partial charge in [0.1, 0.15) is 11.5 Å². The van der Waals surface area contributed by atoms with Crippen LogP contribution < -0.4 is 14.5 Å². The third-order valence-electron chi connectivity index (χ3n) is 6.82. The number of aliphatic hydroxyl groups excluding tert-OH is 1. The molecule has 1 atom stereocenters. The van der Waals surface area contributed by atoms with Gasteiger partial charge >= 0.3 is 6.18 Å². The van der Waals surface area contributed by atoms with Crippen molar-refractivity contribution in [1.29, 1.82) is 0 Å². The molecule has 5 rings (SSSR count). The molecule has 1 saturated heterocycles. The molecule has 2 aliphatic heterocycles. The Hall–Kier alpha value is -4.27. The van der Waals surface area contributed by atoms with Crippen LogP contribution in [0, 0.1) is 0 Å². The zero-order valence-corrected chi connectivity index (χ0v) is 20.7. The molecule has 38 heavy (non-hydrogen) atoms. The molecule has 2 aliphatic rings. The third-order valence-corrected chi connectivity index (χ3v) is 6.82. The number of carbonyl (C=O) groups is 2. The highest BCUT2D eigenvalue weighted by molar-refractivity contribution is 6.51. The van der Waals surface area contributed by atoms with Crippen molar-refractivity contribution in [3.63, 3.8) is 0 Å². The van der Waals surface area contributed by atoms with Crippen molar-refractivity contribution in [2.75, 3.05) is 30.5 Å². The molecule has 3 aromatic rings. The molecular weight excluding hydrogens is 497 g/mol. The Balaban J connectivity index is 1.66. The number of amides is 1. The number of alkyl halides is 3. The highest BCUT2D eigenvalue weighted by atomic mass is 19.4. The second-order valence-corrected chi connectivity index (χ2v) is 9.47. The topological polar surface area (TPSA) is 70.1 Å². The van der Waals surface area contributed by atoms with Crippen molar-refractivity contribution in [2.24, 2.45) is 0 Å². The van der Waals surface area contributed by atoms with Crippen molar-refractivity contribution < 1.29 is 32.6 Å². The first-order valence-electron chi connectivity index (χ1n) is 12.1. The summed E-state index contributed by atoms with van der Waals surface area (Å²) in [5, 5.41) is 11.4. The lowest BCUT2D eigenvalue weighted by molar-refractivity contribution is -0.137. The van der Waals surface area contributed by atoms with Crippen LogP contribution in [-0.2, 0) is 22.2 Å². The van der Waals surface area contributed by atoms with E-state index in [1.54, 1.807) is 42.5 Å². The molecule has 9 heteroatoms. The first-order valence-corrected chi connectivity index (χ1v) is 12.1. The van der Waals surface area contributed by atoms with Gasteiger partial charge in [-0.25, -0.2) is 0 Å². The average Bonchev–Trinajstić information content (AvgIpc) is 3.17. The van der Waals surface area contributed by atoms with Gasteiger partial charge in [0, 0.05) is 31.0 Å². The van der Waals surface area contributed by atoms with E-state index in [1.165, 1.54) is 0 Å². The van der Waals surface area contributed by atoms with E-state index in [2.05, 4.69) is 0 Å². The van der Waals surface area contributed by atoms with Crippen molar-refractivity contribution in [1.82, 2.24) is 0 Å². The Morgan fingerprint density at radius 3 is 2.32 bits per heavy atom. The summed E-state index contributed by atoms with van der Waals surface area (Å²) in [6, 6.07) is 15.2. The SMILES string of the molecule is CN(C)c1ccc(C2/C(=C(/O)c3ccc4c(c3)CCCO4)C(=O)C(=O)N2c2ccc(C(F)(F)F)cc2)cc1. The largest absolute Gasteiger partial charge is 0.507 e. The highest BCUT2D eigenvalue weighted by Gasteiger charge is 2.47. The number of aliphatic hydroxyl groups is 1. The van der Waals surface area contributed by atoms with Gasteiger partial charge in [0.15, 0.2) is 0 Å². The van der Waals surface area contributed by atoms with Crippen molar-refractivity contribution in [3.05, 3.63) is 94.6 Å². The predicted molar refractivity (Wildman–Crippen MR) is 137 cm³/mol. The minimum absolute atomic E-state index is 0.111. The summed E-state index contributed by atoms with van der Waals surface area (Å²) in [5.41, 5.74) is 1.73. The number of aryl methyl sites for hydroxylation is 1. The van der Waals surface area contributed by atoms with E-state index in [-0.39, 0.29) is 17.0 Å². The van der Waals surface area contributed by atoms with E-state index in [1.807, 2.05) is 19.0 Å². The van der Waals surface area contributed by atoms with Gasteiger partial charge in [-0.1, -0.05) is 12.1 Å². The first-order chi connectivity index (χ1) is 18.1. The zero-order chi connectivity index (χ0) is 27.2. The zero-order valence-electron chi connectivity index (χ0n) is 20.7. The van der Waals surface area contributed by atoms with Crippen LogP contribution in [0.1, 0.15) is 34.7 Å². The fourth-order valence-electron chi connectivity index (χ4n) is 4.84. The standard InChI is InChI=1S/C29H25F3N2O4/c1-33(2)21-10-5-17(6-11-21)25-24(26(35)19-7-14-23-18(16-19)4-3-15-38-23)27(36)28(37)34(25)22-12-8-20(9-13-22)29(30,31)32/h5-14,16,25,35H,3-4,15H2,1-2H3/b26-24-. The van der Waals surface area contributed by atoms with Gasteiger partial charge in [-0.05, 0) is 78.6 Å². The van der Waals surface area contributed by atoms with E-state index in [4.69, 9.17) is 4.74 Å². The van der Waals surface area contributed by atoms with Crippen LogP contribution in [0.3, 0.4) is 0 Å². The monoisotopic (exact) mass is 522 g/mol. The molecule has 3 aromatic carbocycles. The maximum Gasteiger partial charge on any atom is 0.416 e. The summed E-state index contributed by atoms with van der Waals surface area (Å²) in [6.45, 7) is 0.597. The van der Waals surface area contributed by atoms with E-state index >= 15 is 0 Å². The second-order valence-electron chi connectivity index (χ2n) is 9.47. The molecule has 0 bridgehead atoms. The van der Waals surface area contributed by atoms with Crippen LogP contribution >= 0.6 is 0 Å². The maximum atomic E-state index is 13.4. The lowest BCUT2D eigenvalue weighted by atomic mass is 9.93. The van der Waals surface area contributed by atoms with Crippen LogP contribution in [-0.4, -0.2) is 37.5 Å². The predicted octanol–water partition coefficient (Wildman–Crippen LogP) is 5.72. The van der Waals surface area contributed by atoms with Gasteiger partial charge < -0.3 is 14.7 Å². The van der Waals surface area contributed by atoms with Crippen LogP contribution in [0.5, 0.6) is 5.75 Å². The summed E-state index contributed by atoms with van der Waals surface area (Å²) >= 11 is 0. The Kier molecular flexibility index (Phi) is 6.38. The van der Waals surface area contributed by atoms with Gasteiger partial charge in [-0.15, -0.1) is 0 Å². The number of rotatable bonds is 4. The number of hydrogen-bond donors (Lipinski definition) is 1. The van der Waals surface area contributed by atoms with Crippen LogP contribution in [0.4, 0.5) is 24.5 Å². The summed E-state index contributed by atoms with van der Waals surface area (Å²) < 4.78 is 45.1. The number of ketones is 1. The maximum absolute atomic E-state index is 13.4. The fourth-order valence-corrected chi connectivity index (χ4v) is 4.84. The number of nitrogens with zero attached hydrogens (tertiary/aromatic N) is 2. The van der Waals surface area contributed by atoms with Crippen molar-refractivity contribution >= 4 is 28.8 Å². The van der Waals surface area contributed by atoms with Crippen molar-refractivity contribution in [2.45, 2.75) is 25.1 Å². The lowest BCUT2D eigenvalue weighted by Crippen LogP contribution is -2.29. The summed E-state index contributed by atoms with van der Waals surface area (Å²) in [5.74, 6) is -1.51. The molecule has 196 valence electrons. The van der Waals surface area contributed by atoms with Crippen LogP contribution in [0.2, 0.25) is 0 Å². The Bertz CT molecular complexity index is 1430. The van der Waals surface area contributed by atoms with Gasteiger partial charge in [0.25, 0.3) is 11.7 Å². The number of fused-ring (bicyclic) bond motifs is 1. The van der Waals surface area contributed by atoms with Gasteiger partial charge in [0.05, 0.1) is 23.8 Å². The van der Waals surface area contributed by atoms with E-state index < -0.39 is 29.5 Å². The molecule has 0 saturated carbocycles. The number of benzene rings is 3. The molecule has 0 aromatic heterocycles. The lowest BCUT2D eigenvalue weighted by Gasteiger charge is -2.26. The third kappa shape index (κ3) is 4.49. The summed E-state index contributed by atoms with van der Waals surface area (Å²) in [4.78, 5) is 29.7. The molecular formula is C29H25F3N2O4. The first kappa shape index (κ1) is 25.4. The van der Waals surface area contributed by atoms with Gasteiger partial charge in [0.2, 0.25) is 0 Å². The number of halogens is 3. The normalized spacial score (nSPS) is 18.8. The van der Waals surface area contributed by atoms with Crippen molar-refractivity contribution in [3.8, 4) is 5.75 Å².